The normalized spacial score (nSPS) is 11.7. The lowest BCUT2D eigenvalue weighted by atomic mass is 10.2. The van der Waals surface area contributed by atoms with Gasteiger partial charge in [-0.1, -0.05) is 12.1 Å². The van der Waals surface area contributed by atoms with E-state index in [1.807, 2.05) is 13.8 Å². The third-order valence-electron chi connectivity index (χ3n) is 3.43. The molecular weight excluding hydrogens is 307 g/mol. The number of benzene rings is 1. The number of amides is 1. The number of carbonyl (C=O) groups is 1. The average molecular weight is 330 g/mol. The molecule has 0 bridgehead atoms. The van der Waals surface area contributed by atoms with Gasteiger partial charge in [0.2, 0.25) is 15.9 Å². The molecule has 5 nitrogen and oxygen atoms in total. The zero-order valence-electron chi connectivity index (χ0n) is 13.3. The van der Waals surface area contributed by atoms with Gasteiger partial charge in [-0.3, -0.25) is 4.79 Å². The molecule has 0 aliphatic rings. The molecule has 1 aromatic rings. The van der Waals surface area contributed by atoms with Crippen LogP contribution in [0.15, 0.2) is 24.3 Å². The molecule has 0 atom stereocenters. The molecule has 7 heteroatoms. The molecule has 0 aliphatic heterocycles. The van der Waals surface area contributed by atoms with Gasteiger partial charge in [-0.25, -0.2) is 12.8 Å². The number of carbonyl (C=O) groups excluding carboxylic acids is 1. The van der Waals surface area contributed by atoms with E-state index in [4.69, 9.17) is 0 Å². The number of halogens is 1. The number of hydrogen-bond donors (Lipinski definition) is 0. The number of rotatable bonds is 8. The van der Waals surface area contributed by atoms with Crippen molar-refractivity contribution < 1.29 is 17.6 Å². The Hall–Kier alpha value is -1.47. The summed E-state index contributed by atoms with van der Waals surface area (Å²) >= 11 is 0. The van der Waals surface area contributed by atoms with Crippen LogP contribution in [0.5, 0.6) is 0 Å². The summed E-state index contributed by atoms with van der Waals surface area (Å²) in [6.07, 6.45) is 1.24. The molecule has 1 aromatic carbocycles. The first-order valence-electron chi connectivity index (χ1n) is 7.25. The summed E-state index contributed by atoms with van der Waals surface area (Å²) in [5.41, 5.74) is 0.683. The summed E-state index contributed by atoms with van der Waals surface area (Å²) in [6, 6.07) is 5.66. The molecule has 0 saturated carbocycles. The first kappa shape index (κ1) is 18.6. The predicted octanol–water partition coefficient (Wildman–Crippen LogP) is 1.85. The van der Waals surface area contributed by atoms with Crippen molar-refractivity contribution in [3.05, 3.63) is 35.6 Å². The first-order valence-corrected chi connectivity index (χ1v) is 9.10. The largest absolute Gasteiger partial charge is 0.343 e. The maximum Gasteiger partial charge on any atom is 0.223 e. The van der Waals surface area contributed by atoms with Crippen LogP contribution in [-0.2, 0) is 21.4 Å². The highest BCUT2D eigenvalue weighted by Crippen LogP contribution is 2.11. The minimum Gasteiger partial charge on any atom is -0.343 e. The van der Waals surface area contributed by atoms with E-state index < -0.39 is 10.0 Å². The molecule has 0 spiro atoms. The van der Waals surface area contributed by atoms with Crippen LogP contribution < -0.4 is 0 Å². The zero-order chi connectivity index (χ0) is 16.8. The van der Waals surface area contributed by atoms with Gasteiger partial charge in [-0.15, -0.1) is 0 Å². The molecule has 0 aliphatic carbocycles. The fraction of sp³-hybridized carbons (Fsp3) is 0.533. The monoisotopic (exact) mass is 330 g/mol. The summed E-state index contributed by atoms with van der Waals surface area (Å²) in [5.74, 6) is -0.441. The second-order valence-corrected chi connectivity index (χ2v) is 7.02. The van der Waals surface area contributed by atoms with Crippen LogP contribution >= 0.6 is 0 Å². The van der Waals surface area contributed by atoms with Crippen LogP contribution in [0, 0.1) is 5.82 Å². The Morgan fingerprint density at radius 1 is 1.14 bits per heavy atom. The molecule has 124 valence electrons. The number of hydrogen-bond acceptors (Lipinski definition) is 3. The average Bonchev–Trinajstić information content (AvgIpc) is 2.45. The lowest BCUT2D eigenvalue weighted by Gasteiger charge is -2.23. The molecule has 0 N–H and O–H groups in total. The topological polar surface area (TPSA) is 57.7 Å². The second-order valence-electron chi connectivity index (χ2n) is 5.04. The van der Waals surface area contributed by atoms with Gasteiger partial charge in [0.1, 0.15) is 5.82 Å². The molecule has 0 unspecified atom stereocenters. The molecule has 0 saturated heterocycles. The maximum atomic E-state index is 12.9. The molecule has 0 aromatic heterocycles. The van der Waals surface area contributed by atoms with Crippen LogP contribution in [0.3, 0.4) is 0 Å². The van der Waals surface area contributed by atoms with Gasteiger partial charge >= 0.3 is 0 Å². The second kappa shape index (κ2) is 8.24. The molecule has 0 heterocycles. The summed E-state index contributed by atoms with van der Waals surface area (Å²) in [5, 5.41) is 0. The summed E-state index contributed by atoms with van der Waals surface area (Å²) in [6.45, 7) is 5.22. The van der Waals surface area contributed by atoms with Gasteiger partial charge in [0.15, 0.2) is 0 Å². The third kappa shape index (κ3) is 5.73. The Labute approximate surface area is 131 Å². The number of sulfonamides is 1. The van der Waals surface area contributed by atoms with Crippen molar-refractivity contribution in [2.45, 2.75) is 26.8 Å². The van der Waals surface area contributed by atoms with E-state index in [1.165, 1.54) is 16.4 Å². The fourth-order valence-corrected chi connectivity index (χ4v) is 2.92. The van der Waals surface area contributed by atoms with Gasteiger partial charge in [0.05, 0.1) is 6.26 Å². The van der Waals surface area contributed by atoms with E-state index in [0.717, 1.165) is 6.26 Å². The van der Waals surface area contributed by atoms with Crippen molar-refractivity contribution >= 4 is 15.9 Å². The SMILES string of the molecule is CCN(CC)C(=O)CCN(Cc1ccc(F)cc1)S(C)(=O)=O. The summed E-state index contributed by atoms with van der Waals surface area (Å²) < 4.78 is 37.8. The highest BCUT2D eigenvalue weighted by molar-refractivity contribution is 7.88. The minimum absolute atomic E-state index is 0.0715. The Bertz CT molecular complexity index is 583. The van der Waals surface area contributed by atoms with Gasteiger partial charge in [-0.05, 0) is 31.5 Å². The van der Waals surface area contributed by atoms with Crippen molar-refractivity contribution in [2.75, 3.05) is 25.9 Å². The molecule has 22 heavy (non-hydrogen) atoms. The lowest BCUT2D eigenvalue weighted by molar-refractivity contribution is -0.130. The van der Waals surface area contributed by atoms with Gasteiger partial charge < -0.3 is 4.90 Å². The smallest absolute Gasteiger partial charge is 0.223 e. The van der Waals surface area contributed by atoms with Gasteiger partial charge in [-0.2, -0.15) is 4.31 Å². The van der Waals surface area contributed by atoms with E-state index >= 15 is 0 Å². The Balaban J connectivity index is 2.74. The standard InChI is InChI=1S/C15H23FN2O3S/c1-4-17(5-2)15(19)10-11-18(22(3,20)21)12-13-6-8-14(16)9-7-13/h6-9H,4-5,10-12H2,1-3H3. The Morgan fingerprint density at radius 2 is 1.68 bits per heavy atom. The molecule has 1 rings (SSSR count). The van der Waals surface area contributed by atoms with E-state index in [1.54, 1.807) is 17.0 Å². The van der Waals surface area contributed by atoms with Crippen molar-refractivity contribution in [1.29, 1.82) is 0 Å². The quantitative estimate of drug-likeness (QED) is 0.731. The van der Waals surface area contributed by atoms with Crippen LogP contribution in [0.4, 0.5) is 4.39 Å². The Morgan fingerprint density at radius 3 is 2.14 bits per heavy atom. The van der Waals surface area contributed by atoms with E-state index in [9.17, 15) is 17.6 Å². The predicted molar refractivity (Wildman–Crippen MR) is 84.2 cm³/mol. The maximum absolute atomic E-state index is 12.9. The van der Waals surface area contributed by atoms with Gasteiger partial charge in [0, 0.05) is 32.6 Å². The van der Waals surface area contributed by atoms with Crippen molar-refractivity contribution in [1.82, 2.24) is 9.21 Å². The summed E-state index contributed by atoms with van der Waals surface area (Å²) in [7, 11) is -3.44. The zero-order valence-corrected chi connectivity index (χ0v) is 14.1. The van der Waals surface area contributed by atoms with E-state index in [2.05, 4.69) is 0 Å². The highest BCUT2D eigenvalue weighted by Gasteiger charge is 2.19. The molecule has 1 amide bonds. The highest BCUT2D eigenvalue weighted by atomic mass is 32.2. The lowest BCUT2D eigenvalue weighted by Crippen LogP contribution is -2.36. The minimum atomic E-state index is -3.44. The third-order valence-corrected chi connectivity index (χ3v) is 4.68. The molecule has 0 fully saturated rings. The van der Waals surface area contributed by atoms with Crippen LogP contribution in [0.1, 0.15) is 25.8 Å². The molecular formula is C15H23FN2O3S. The number of nitrogens with zero attached hydrogens (tertiary/aromatic N) is 2. The van der Waals surface area contributed by atoms with E-state index in [-0.39, 0.29) is 31.2 Å². The van der Waals surface area contributed by atoms with Crippen molar-refractivity contribution in [3.8, 4) is 0 Å². The Kier molecular flexibility index (Phi) is 6.96. The summed E-state index contributed by atoms with van der Waals surface area (Å²) in [4.78, 5) is 13.7. The van der Waals surface area contributed by atoms with Crippen molar-refractivity contribution in [3.63, 3.8) is 0 Å². The first-order chi connectivity index (χ1) is 10.3. The molecule has 0 radical (unpaired) electrons. The van der Waals surface area contributed by atoms with Crippen LogP contribution in [0.2, 0.25) is 0 Å². The van der Waals surface area contributed by atoms with E-state index in [0.29, 0.717) is 18.7 Å². The fourth-order valence-electron chi connectivity index (χ4n) is 2.11. The van der Waals surface area contributed by atoms with Crippen LogP contribution in [-0.4, -0.2) is 49.4 Å². The van der Waals surface area contributed by atoms with Gasteiger partial charge in [0.25, 0.3) is 0 Å². The van der Waals surface area contributed by atoms with Crippen LogP contribution in [0.25, 0.3) is 0 Å². The van der Waals surface area contributed by atoms with Crippen molar-refractivity contribution in [2.24, 2.45) is 0 Å².